The highest BCUT2D eigenvalue weighted by Gasteiger charge is 2.11. The first kappa shape index (κ1) is 13.2. The number of aromatic nitrogens is 1. The largest absolute Gasteiger partial charge is 0.347 e. The van der Waals surface area contributed by atoms with Gasteiger partial charge in [0.2, 0.25) is 0 Å². The summed E-state index contributed by atoms with van der Waals surface area (Å²) in [5, 5.41) is 0.857. The zero-order chi connectivity index (χ0) is 13.1. The van der Waals surface area contributed by atoms with Gasteiger partial charge in [-0.3, -0.25) is 4.79 Å². The molecule has 0 unspecified atom stereocenters. The predicted octanol–water partition coefficient (Wildman–Crippen LogP) is 3.74. The van der Waals surface area contributed by atoms with Crippen LogP contribution in [0.5, 0.6) is 0 Å². The van der Waals surface area contributed by atoms with Gasteiger partial charge in [0.15, 0.2) is 10.9 Å². The third-order valence-corrected chi connectivity index (χ3v) is 4.52. The number of anilines is 1. The molecule has 5 heteroatoms. The van der Waals surface area contributed by atoms with Gasteiger partial charge in [-0.1, -0.05) is 45.5 Å². The lowest BCUT2D eigenvalue weighted by Gasteiger charge is -2.16. The molecule has 0 saturated carbocycles. The molecule has 2 rings (SSSR count). The van der Waals surface area contributed by atoms with Gasteiger partial charge in [-0.25, -0.2) is 4.98 Å². The number of halogens is 1. The van der Waals surface area contributed by atoms with E-state index in [1.807, 2.05) is 30.1 Å². The molecule has 3 nitrogen and oxygen atoms in total. The molecule has 0 aliphatic carbocycles. The monoisotopic (exact) mass is 324 g/mol. The second-order valence-electron chi connectivity index (χ2n) is 4.01. The van der Waals surface area contributed by atoms with Crippen molar-refractivity contribution in [2.45, 2.75) is 13.5 Å². The second-order valence-corrected chi connectivity index (χ2v) is 5.87. The molecule has 0 aliphatic rings. The number of thiazole rings is 1. The highest BCUT2D eigenvalue weighted by Crippen LogP contribution is 2.25. The van der Waals surface area contributed by atoms with Crippen LogP contribution in [0.2, 0.25) is 0 Å². The van der Waals surface area contributed by atoms with Crippen LogP contribution < -0.4 is 4.90 Å². The van der Waals surface area contributed by atoms with E-state index in [4.69, 9.17) is 0 Å². The van der Waals surface area contributed by atoms with E-state index in [1.165, 1.54) is 16.9 Å². The average molecular weight is 325 g/mol. The third kappa shape index (κ3) is 2.97. The standard InChI is InChI=1S/C13H13BrN2OS/c1-9(17)12-7-15-13(18-12)16(2)8-10-5-3-4-6-11(10)14/h3-7H,8H2,1-2H3. The lowest BCUT2D eigenvalue weighted by atomic mass is 10.2. The molecule has 1 aromatic carbocycles. The fraction of sp³-hybridized carbons (Fsp3) is 0.231. The average Bonchev–Trinajstić information content (AvgIpc) is 2.81. The molecule has 0 saturated heterocycles. The van der Waals surface area contributed by atoms with Crippen LogP contribution in [0.1, 0.15) is 22.2 Å². The Bertz CT molecular complexity index is 568. The van der Waals surface area contributed by atoms with E-state index in [0.717, 1.165) is 16.1 Å². The van der Waals surface area contributed by atoms with Crippen molar-refractivity contribution in [3.63, 3.8) is 0 Å². The van der Waals surface area contributed by atoms with Crippen molar-refractivity contribution in [2.75, 3.05) is 11.9 Å². The van der Waals surface area contributed by atoms with Gasteiger partial charge in [0.05, 0.1) is 11.1 Å². The molecular weight excluding hydrogens is 312 g/mol. The number of hydrogen-bond donors (Lipinski definition) is 0. The Morgan fingerprint density at radius 2 is 2.17 bits per heavy atom. The van der Waals surface area contributed by atoms with E-state index >= 15 is 0 Å². The van der Waals surface area contributed by atoms with E-state index in [1.54, 1.807) is 13.1 Å². The molecule has 18 heavy (non-hydrogen) atoms. The van der Waals surface area contributed by atoms with E-state index in [-0.39, 0.29) is 5.78 Å². The first-order chi connectivity index (χ1) is 8.58. The topological polar surface area (TPSA) is 33.2 Å². The zero-order valence-corrected chi connectivity index (χ0v) is 12.6. The summed E-state index contributed by atoms with van der Waals surface area (Å²) in [5.74, 6) is 0.0630. The molecular formula is C13H13BrN2OS. The third-order valence-electron chi connectivity index (χ3n) is 2.53. The Hall–Kier alpha value is -1.20. The van der Waals surface area contributed by atoms with Crippen molar-refractivity contribution >= 4 is 38.2 Å². The number of carbonyl (C=O) groups is 1. The highest BCUT2D eigenvalue weighted by molar-refractivity contribution is 9.10. The van der Waals surface area contributed by atoms with Crippen LogP contribution in [0.3, 0.4) is 0 Å². The molecule has 0 bridgehead atoms. The number of benzene rings is 1. The number of nitrogens with zero attached hydrogens (tertiary/aromatic N) is 2. The first-order valence-corrected chi connectivity index (χ1v) is 7.10. The van der Waals surface area contributed by atoms with Crippen LogP contribution >= 0.6 is 27.3 Å². The van der Waals surface area contributed by atoms with Gasteiger partial charge in [0.1, 0.15) is 0 Å². The minimum Gasteiger partial charge on any atom is -0.347 e. The summed E-state index contributed by atoms with van der Waals surface area (Å²) in [6.45, 7) is 2.32. The molecule has 0 spiro atoms. The summed E-state index contributed by atoms with van der Waals surface area (Å²) in [4.78, 5) is 18.2. The van der Waals surface area contributed by atoms with Crippen molar-refractivity contribution in [2.24, 2.45) is 0 Å². The van der Waals surface area contributed by atoms with E-state index in [2.05, 4.69) is 27.0 Å². The fourth-order valence-corrected chi connectivity index (χ4v) is 2.74. The Kier molecular flexibility index (Phi) is 4.14. The van der Waals surface area contributed by atoms with Crippen molar-refractivity contribution in [3.8, 4) is 0 Å². The maximum absolute atomic E-state index is 11.2. The number of rotatable bonds is 4. The number of ketones is 1. The molecule has 0 atom stereocenters. The normalized spacial score (nSPS) is 10.4. The van der Waals surface area contributed by atoms with Crippen LogP contribution in [-0.2, 0) is 6.54 Å². The maximum atomic E-state index is 11.2. The van der Waals surface area contributed by atoms with Gasteiger partial charge >= 0.3 is 0 Å². The quantitative estimate of drug-likeness (QED) is 0.803. The molecule has 94 valence electrons. The summed E-state index contributed by atoms with van der Waals surface area (Å²) in [6.07, 6.45) is 1.64. The molecule has 0 fully saturated rings. The summed E-state index contributed by atoms with van der Waals surface area (Å²) >= 11 is 4.95. The van der Waals surface area contributed by atoms with Crippen molar-refractivity contribution in [1.29, 1.82) is 0 Å². The Balaban J connectivity index is 2.14. The smallest absolute Gasteiger partial charge is 0.185 e. The van der Waals surface area contributed by atoms with Crippen LogP contribution in [-0.4, -0.2) is 17.8 Å². The first-order valence-electron chi connectivity index (χ1n) is 5.49. The van der Waals surface area contributed by atoms with E-state index in [0.29, 0.717) is 4.88 Å². The minimum atomic E-state index is 0.0630. The lowest BCUT2D eigenvalue weighted by molar-refractivity contribution is 0.102. The molecule has 0 aliphatic heterocycles. The fourth-order valence-electron chi connectivity index (χ4n) is 1.55. The highest BCUT2D eigenvalue weighted by atomic mass is 79.9. The van der Waals surface area contributed by atoms with Crippen molar-refractivity contribution in [3.05, 3.63) is 45.4 Å². The van der Waals surface area contributed by atoms with Gasteiger partial charge < -0.3 is 4.90 Å². The van der Waals surface area contributed by atoms with Gasteiger partial charge in [-0.15, -0.1) is 0 Å². The summed E-state index contributed by atoms with van der Waals surface area (Å²) in [6, 6.07) is 8.09. The molecule has 0 radical (unpaired) electrons. The van der Waals surface area contributed by atoms with Crippen LogP contribution in [0, 0.1) is 0 Å². The lowest BCUT2D eigenvalue weighted by Crippen LogP contribution is -2.16. The number of carbonyl (C=O) groups excluding carboxylic acids is 1. The summed E-state index contributed by atoms with van der Waals surface area (Å²) in [5.41, 5.74) is 1.19. The maximum Gasteiger partial charge on any atom is 0.185 e. The van der Waals surface area contributed by atoms with E-state index in [9.17, 15) is 4.79 Å². The van der Waals surface area contributed by atoms with Crippen LogP contribution in [0.15, 0.2) is 34.9 Å². The van der Waals surface area contributed by atoms with Gasteiger partial charge in [-0.05, 0) is 11.6 Å². The minimum absolute atomic E-state index is 0.0630. The number of hydrogen-bond acceptors (Lipinski definition) is 4. The van der Waals surface area contributed by atoms with Crippen molar-refractivity contribution < 1.29 is 4.79 Å². The van der Waals surface area contributed by atoms with Gasteiger partial charge in [0, 0.05) is 25.0 Å². The predicted molar refractivity (Wildman–Crippen MR) is 78.4 cm³/mol. The van der Waals surface area contributed by atoms with Gasteiger partial charge in [0.25, 0.3) is 0 Å². The van der Waals surface area contributed by atoms with Gasteiger partial charge in [-0.2, -0.15) is 0 Å². The van der Waals surface area contributed by atoms with E-state index < -0.39 is 0 Å². The molecule has 2 aromatic rings. The summed E-state index contributed by atoms with van der Waals surface area (Å²) < 4.78 is 1.08. The molecule has 0 N–H and O–H groups in total. The zero-order valence-electron chi connectivity index (χ0n) is 10.2. The Morgan fingerprint density at radius 3 is 2.78 bits per heavy atom. The van der Waals surface area contributed by atoms with Crippen LogP contribution in [0.25, 0.3) is 0 Å². The van der Waals surface area contributed by atoms with Crippen LogP contribution in [0.4, 0.5) is 5.13 Å². The SMILES string of the molecule is CC(=O)c1cnc(N(C)Cc2ccccc2Br)s1. The van der Waals surface area contributed by atoms with Crippen molar-refractivity contribution in [1.82, 2.24) is 4.98 Å². The second kappa shape index (κ2) is 5.63. The molecule has 1 heterocycles. The Labute approximate surface area is 119 Å². The Morgan fingerprint density at radius 1 is 1.44 bits per heavy atom. The summed E-state index contributed by atoms with van der Waals surface area (Å²) in [7, 11) is 1.97. The number of Topliss-reactive ketones (excluding diaryl/α,β-unsaturated/α-hetero) is 1. The molecule has 1 aromatic heterocycles. The molecule has 0 amide bonds.